The van der Waals surface area contributed by atoms with Crippen LogP contribution in [0.2, 0.25) is 0 Å². The van der Waals surface area contributed by atoms with Gasteiger partial charge in [-0.2, -0.15) is 0 Å². The molecule has 2 atom stereocenters. The Hall–Kier alpha value is -0.660. The SMILES string of the molecule is CC(N)CCCC(C)C(=O)NCCNS(C)(=O)=O. The number of nitrogens with one attached hydrogen (secondary N) is 2. The molecule has 7 heteroatoms. The van der Waals surface area contributed by atoms with Crippen LogP contribution in [0.1, 0.15) is 33.1 Å². The van der Waals surface area contributed by atoms with Crippen molar-refractivity contribution in [3.05, 3.63) is 0 Å². The summed E-state index contributed by atoms with van der Waals surface area (Å²) in [5.41, 5.74) is 5.63. The van der Waals surface area contributed by atoms with Gasteiger partial charge in [0, 0.05) is 25.0 Å². The van der Waals surface area contributed by atoms with Gasteiger partial charge in [-0.1, -0.05) is 13.3 Å². The lowest BCUT2D eigenvalue weighted by atomic mass is 10.0. The first-order valence-corrected chi connectivity index (χ1v) is 8.09. The minimum Gasteiger partial charge on any atom is -0.355 e. The van der Waals surface area contributed by atoms with Gasteiger partial charge in [0.15, 0.2) is 0 Å². The van der Waals surface area contributed by atoms with E-state index in [1.54, 1.807) is 0 Å². The molecule has 0 fully saturated rings. The first-order valence-electron chi connectivity index (χ1n) is 6.20. The first kappa shape index (κ1) is 17.3. The zero-order valence-electron chi connectivity index (χ0n) is 11.4. The molecule has 0 rings (SSSR count). The number of carbonyl (C=O) groups excluding carboxylic acids is 1. The van der Waals surface area contributed by atoms with E-state index in [4.69, 9.17) is 5.73 Å². The van der Waals surface area contributed by atoms with Crippen LogP contribution < -0.4 is 15.8 Å². The molecule has 2 unspecified atom stereocenters. The fourth-order valence-electron chi connectivity index (χ4n) is 1.47. The molecule has 0 saturated carbocycles. The van der Waals surface area contributed by atoms with Crippen molar-refractivity contribution in [1.82, 2.24) is 10.0 Å². The standard InChI is InChI=1S/C11H25N3O3S/c1-9(5-4-6-10(2)12)11(15)13-7-8-14-18(3,16)17/h9-10,14H,4-8,12H2,1-3H3,(H,13,15). The van der Waals surface area contributed by atoms with Crippen molar-refractivity contribution < 1.29 is 13.2 Å². The molecule has 0 aromatic carbocycles. The van der Waals surface area contributed by atoms with E-state index in [1.165, 1.54) is 0 Å². The van der Waals surface area contributed by atoms with Gasteiger partial charge in [0.05, 0.1) is 6.26 Å². The minimum absolute atomic E-state index is 0.0463. The second-order valence-electron chi connectivity index (χ2n) is 4.77. The fourth-order valence-corrected chi connectivity index (χ4v) is 1.95. The fraction of sp³-hybridized carbons (Fsp3) is 0.909. The van der Waals surface area contributed by atoms with Crippen molar-refractivity contribution in [1.29, 1.82) is 0 Å². The molecule has 0 bridgehead atoms. The predicted octanol–water partition coefficient (Wildman–Crippen LogP) is -0.195. The Kier molecular flexibility index (Phi) is 8.13. The summed E-state index contributed by atoms with van der Waals surface area (Å²) in [5, 5.41) is 2.70. The summed E-state index contributed by atoms with van der Waals surface area (Å²) in [5.74, 6) is -0.114. The zero-order chi connectivity index (χ0) is 14.2. The third-order valence-electron chi connectivity index (χ3n) is 2.53. The van der Waals surface area contributed by atoms with Crippen LogP contribution in [0, 0.1) is 5.92 Å². The third-order valence-corrected chi connectivity index (χ3v) is 3.26. The van der Waals surface area contributed by atoms with Crippen LogP contribution in [0.5, 0.6) is 0 Å². The van der Waals surface area contributed by atoms with Crippen molar-refractivity contribution in [2.24, 2.45) is 11.7 Å². The van der Waals surface area contributed by atoms with Crippen molar-refractivity contribution in [3.8, 4) is 0 Å². The Morgan fingerprint density at radius 3 is 2.33 bits per heavy atom. The Bertz CT molecular complexity index is 341. The van der Waals surface area contributed by atoms with Crippen molar-refractivity contribution >= 4 is 15.9 Å². The maximum atomic E-state index is 11.6. The lowest BCUT2D eigenvalue weighted by Crippen LogP contribution is -2.36. The highest BCUT2D eigenvalue weighted by molar-refractivity contribution is 7.88. The second kappa shape index (κ2) is 8.44. The van der Waals surface area contributed by atoms with Crippen LogP contribution >= 0.6 is 0 Å². The van der Waals surface area contributed by atoms with E-state index in [-0.39, 0.29) is 24.4 Å². The molecule has 4 N–H and O–H groups in total. The van der Waals surface area contributed by atoms with Crippen LogP contribution in [0.25, 0.3) is 0 Å². The maximum Gasteiger partial charge on any atom is 0.222 e. The average molecular weight is 279 g/mol. The maximum absolute atomic E-state index is 11.6. The molecule has 0 aromatic heterocycles. The molecule has 0 spiro atoms. The normalized spacial score (nSPS) is 15.1. The van der Waals surface area contributed by atoms with Crippen LogP contribution in [-0.4, -0.2) is 39.7 Å². The van der Waals surface area contributed by atoms with E-state index >= 15 is 0 Å². The van der Waals surface area contributed by atoms with E-state index in [1.807, 2.05) is 13.8 Å². The van der Waals surface area contributed by atoms with E-state index in [9.17, 15) is 13.2 Å². The largest absolute Gasteiger partial charge is 0.355 e. The van der Waals surface area contributed by atoms with Crippen molar-refractivity contribution in [2.45, 2.75) is 39.2 Å². The van der Waals surface area contributed by atoms with Crippen molar-refractivity contribution in [2.75, 3.05) is 19.3 Å². The molecule has 108 valence electrons. The number of amides is 1. The van der Waals surface area contributed by atoms with Crippen LogP contribution in [0.3, 0.4) is 0 Å². The molecule has 0 heterocycles. The number of hydrogen-bond donors (Lipinski definition) is 3. The van der Waals surface area contributed by atoms with Gasteiger partial charge in [0.25, 0.3) is 0 Å². The quantitative estimate of drug-likeness (QED) is 0.509. The van der Waals surface area contributed by atoms with Gasteiger partial charge in [-0.05, 0) is 19.8 Å². The average Bonchev–Trinajstić information content (AvgIpc) is 2.22. The molecule has 0 saturated heterocycles. The van der Waals surface area contributed by atoms with Gasteiger partial charge >= 0.3 is 0 Å². The van der Waals surface area contributed by atoms with Crippen LogP contribution in [-0.2, 0) is 14.8 Å². The van der Waals surface area contributed by atoms with Gasteiger partial charge in [-0.25, -0.2) is 13.1 Å². The highest BCUT2D eigenvalue weighted by Crippen LogP contribution is 2.08. The van der Waals surface area contributed by atoms with Gasteiger partial charge < -0.3 is 11.1 Å². The summed E-state index contributed by atoms with van der Waals surface area (Å²) in [6, 6.07) is 0.166. The summed E-state index contributed by atoms with van der Waals surface area (Å²) in [7, 11) is -3.18. The van der Waals surface area contributed by atoms with Gasteiger partial charge in [0.1, 0.15) is 0 Å². The zero-order valence-corrected chi connectivity index (χ0v) is 12.2. The van der Waals surface area contributed by atoms with Gasteiger partial charge in [-0.15, -0.1) is 0 Å². The minimum atomic E-state index is -3.18. The molecular weight excluding hydrogens is 254 g/mol. The Morgan fingerprint density at radius 1 is 1.22 bits per heavy atom. The number of hydrogen-bond acceptors (Lipinski definition) is 4. The molecule has 18 heavy (non-hydrogen) atoms. The Morgan fingerprint density at radius 2 is 1.83 bits per heavy atom. The topological polar surface area (TPSA) is 101 Å². The third kappa shape index (κ3) is 10.5. The monoisotopic (exact) mass is 279 g/mol. The summed E-state index contributed by atoms with van der Waals surface area (Å²) in [6.07, 6.45) is 3.72. The molecule has 0 aliphatic heterocycles. The number of rotatable bonds is 9. The molecule has 1 amide bonds. The Balaban J connectivity index is 3.68. The number of nitrogens with two attached hydrogens (primary N) is 1. The summed E-state index contributed by atoms with van der Waals surface area (Å²) < 4.78 is 23.9. The van der Waals surface area contributed by atoms with E-state index in [0.717, 1.165) is 25.5 Å². The van der Waals surface area contributed by atoms with Crippen LogP contribution in [0.15, 0.2) is 0 Å². The molecule has 0 aliphatic carbocycles. The van der Waals surface area contributed by atoms with E-state index in [0.29, 0.717) is 6.54 Å². The number of carbonyl (C=O) groups is 1. The summed E-state index contributed by atoms with van der Waals surface area (Å²) in [4.78, 5) is 11.6. The number of sulfonamides is 1. The second-order valence-corrected chi connectivity index (χ2v) is 6.60. The highest BCUT2D eigenvalue weighted by Gasteiger charge is 2.12. The highest BCUT2D eigenvalue weighted by atomic mass is 32.2. The van der Waals surface area contributed by atoms with Gasteiger partial charge in [-0.3, -0.25) is 4.79 Å². The van der Waals surface area contributed by atoms with Crippen LogP contribution in [0.4, 0.5) is 0 Å². The molecule has 6 nitrogen and oxygen atoms in total. The predicted molar refractivity (Wildman–Crippen MR) is 72.5 cm³/mol. The first-order chi connectivity index (χ1) is 8.22. The lowest BCUT2D eigenvalue weighted by Gasteiger charge is -2.12. The summed E-state index contributed by atoms with van der Waals surface area (Å²) >= 11 is 0. The lowest BCUT2D eigenvalue weighted by molar-refractivity contribution is -0.124. The van der Waals surface area contributed by atoms with Gasteiger partial charge in [0.2, 0.25) is 15.9 Å². The smallest absolute Gasteiger partial charge is 0.222 e. The van der Waals surface area contributed by atoms with E-state index in [2.05, 4.69) is 10.0 Å². The van der Waals surface area contributed by atoms with E-state index < -0.39 is 10.0 Å². The van der Waals surface area contributed by atoms with Crippen molar-refractivity contribution in [3.63, 3.8) is 0 Å². The molecule has 0 aromatic rings. The Labute approximate surface area is 110 Å². The molecular formula is C11H25N3O3S. The summed E-state index contributed by atoms with van der Waals surface area (Å²) in [6.45, 7) is 4.34. The molecule has 0 aliphatic rings. The molecule has 0 radical (unpaired) electrons.